The van der Waals surface area contributed by atoms with Crippen LogP contribution in [0.4, 0.5) is 11.4 Å². The highest BCUT2D eigenvalue weighted by atomic mass is 16.2. The fourth-order valence-electron chi connectivity index (χ4n) is 2.11. The van der Waals surface area contributed by atoms with E-state index in [9.17, 15) is 9.59 Å². The number of aryl methyl sites for hydroxylation is 1. The number of nitrogens with one attached hydrogen (secondary N) is 1. The average molecular weight is 288 g/mol. The standard InChI is InChI=1S/C15H20N4O2/c1-10(2)19-7-6-18(15(19)21)9-14(20)17-13-5-4-12(16)8-11(13)3/h4-8,10H,9,16H2,1-3H3,(H,17,20). The first kappa shape index (κ1) is 14.9. The molecule has 1 aromatic heterocycles. The number of hydrogen-bond donors (Lipinski definition) is 2. The Kier molecular flexibility index (Phi) is 4.16. The highest BCUT2D eigenvalue weighted by Crippen LogP contribution is 2.17. The maximum atomic E-state index is 12.0. The van der Waals surface area contributed by atoms with E-state index in [0.717, 1.165) is 5.56 Å². The smallest absolute Gasteiger partial charge is 0.328 e. The molecule has 0 unspecified atom stereocenters. The van der Waals surface area contributed by atoms with Crippen molar-refractivity contribution >= 4 is 17.3 Å². The summed E-state index contributed by atoms with van der Waals surface area (Å²) in [6, 6.07) is 5.34. The van der Waals surface area contributed by atoms with E-state index in [4.69, 9.17) is 5.73 Å². The molecule has 0 atom stereocenters. The predicted octanol–water partition coefficient (Wildman–Crippen LogP) is 1.76. The average Bonchev–Trinajstić information content (AvgIpc) is 2.74. The van der Waals surface area contributed by atoms with Gasteiger partial charge in [0.05, 0.1) is 0 Å². The predicted molar refractivity (Wildman–Crippen MR) is 83.3 cm³/mol. The molecule has 0 aliphatic heterocycles. The number of aromatic nitrogens is 2. The van der Waals surface area contributed by atoms with Crippen LogP contribution < -0.4 is 16.7 Å². The van der Waals surface area contributed by atoms with Gasteiger partial charge < -0.3 is 11.1 Å². The number of nitrogen functional groups attached to an aromatic ring is 1. The second-order valence-corrected chi connectivity index (χ2v) is 5.33. The van der Waals surface area contributed by atoms with E-state index in [1.807, 2.05) is 20.8 Å². The first-order valence-electron chi connectivity index (χ1n) is 6.81. The zero-order chi connectivity index (χ0) is 15.6. The number of rotatable bonds is 4. The minimum Gasteiger partial charge on any atom is -0.399 e. The number of amides is 1. The molecule has 1 aromatic carbocycles. The Morgan fingerprint density at radius 2 is 2.05 bits per heavy atom. The van der Waals surface area contributed by atoms with Crippen molar-refractivity contribution in [3.8, 4) is 0 Å². The van der Waals surface area contributed by atoms with E-state index < -0.39 is 0 Å². The fourth-order valence-corrected chi connectivity index (χ4v) is 2.11. The lowest BCUT2D eigenvalue weighted by Gasteiger charge is -2.09. The lowest BCUT2D eigenvalue weighted by atomic mass is 10.2. The van der Waals surface area contributed by atoms with Gasteiger partial charge in [-0.1, -0.05) is 0 Å². The summed E-state index contributed by atoms with van der Waals surface area (Å²) in [5, 5.41) is 2.79. The van der Waals surface area contributed by atoms with E-state index in [2.05, 4.69) is 5.32 Å². The lowest BCUT2D eigenvalue weighted by Crippen LogP contribution is -2.29. The number of carbonyl (C=O) groups is 1. The van der Waals surface area contributed by atoms with Crippen LogP contribution in [0.5, 0.6) is 0 Å². The third kappa shape index (κ3) is 3.34. The number of carbonyl (C=O) groups excluding carboxylic acids is 1. The summed E-state index contributed by atoms with van der Waals surface area (Å²) in [5.74, 6) is -0.244. The molecule has 0 bridgehead atoms. The highest BCUT2D eigenvalue weighted by Gasteiger charge is 2.10. The number of anilines is 2. The second kappa shape index (κ2) is 5.87. The number of hydrogen-bond acceptors (Lipinski definition) is 3. The molecule has 3 N–H and O–H groups in total. The monoisotopic (exact) mass is 288 g/mol. The Bertz CT molecular complexity index is 713. The summed E-state index contributed by atoms with van der Waals surface area (Å²) in [7, 11) is 0. The van der Waals surface area contributed by atoms with Gasteiger partial charge in [0.2, 0.25) is 5.91 Å². The van der Waals surface area contributed by atoms with Crippen LogP contribution >= 0.6 is 0 Å². The van der Waals surface area contributed by atoms with Crippen LogP contribution in [0.15, 0.2) is 35.4 Å². The molecule has 0 saturated heterocycles. The van der Waals surface area contributed by atoms with Gasteiger partial charge in [-0.15, -0.1) is 0 Å². The van der Waals surface area contributed by atoms with Crippen molar-refractivity contribution < 1.29 is 4.79 Å². The molecule has 0 aliphatic carbocycles. The molecule has 0 fully saturated rings. The van der Waals surface area contributed by atoms with E-state index in [1.165, 1.54) is 4.57 Å². The quantitative estimate of drug-likeness (QED) is 0.841. The first-order chi connectivity index (χ1) is 9.88. The van der Waals surface area contributed by atoms with Crippen molar-refractivity contribution in [2.45, 2.75) is 33.4 Å². The Hall–Kier alpha value is -2.50. The minimum absolute atomic E-state index is 0.0115. The van der Waals surface area contributed by atoms with Gasteiger partial charge in [-0.05, 0) is 44.5 Å². The van der Waals surface area contributed by atoms with Gasteiger partial charge in [-0.3, -0.25) is 13.9 Å². The molecule has 2 aromatic rings. The summed E-state index contributed by atoms with van der Waals surface area (Å²) in [6.07, 6.45) is 3.31. The van der Waals surface area contributed by atoms with Crippen LogP contribution in [-0.4, -0.2) is 15.0 Å². The van der Waals surface area contributed by atoms with Gasteiger partial charge in [-0.25, -0.2) is 4.79 Å². The largest absolute Gasteiger partial charge is 0.399 e. The van der Waals surface area contributed by atoms with Crippen LogP contribution in [0.25, 0.3) is 0 Å². The molecule has 1 heterocycles. The summed E-state index contributed by atoms with van der Waals surface area (Å²) in [4.78, 5) is 24.1. The summed E-state index contributed by atoms with van der Waals surface area (Å²) in [6.45, 7) is 5.70. The third-order valence-electron chi connectivity index (χ3n) is 3.27. The fraction of sp³-hybridized carbons (Fsp3) is 0.333. The van der Waals surface area contributed by atoms with Crippen LogP contribution in [0.2, 0.25) is 0 Å². The van der Waals surface area contributed by atoms with Crippen LogP contribution in [-0.2, 0) is 11.3 Å². The molecule has 0 radical (unpaired) electrons. The van der Waals surface area contributed by atoms with Crippen molar-refractivity contribution in [2.75, 3.05) is 11.1 Å². The molecule has 0 aliphatic rings. The zero-order valence-corrected chi connectivity index (χ0v) is 12.5. The third-order valence-corrected chi connectivity index (χ3v) is 3.27. The molecule has 6 heteroatoms. The lowest BCUT2D eigenvalue weighted by molar-refractivity contribution is -0.116. The van der Waals surface area contributed by atoms with E-state index in [-0.39, 0.29) is 24.2 Å². The van der Waals surface area contributed by atoms with Crippen molar-refractivity contribution in [1.29, 1.82) is 0 Å². The minimum atomic E-state index is -0.244. The zero-order valence-electron chi connectivity index (χ0n) is 12.5. The SMILES string of the molecule is Cc1cc(N)ccc1NC(=O)Cn1ccn(C(C)C)c1=O. The van der Waals surface area contributed by atoms with Crippen molar-refractivity contribution in [3.63, 3.8) is 0 Å². The molecule has 6 nitrogen and oxygen atoms in total. The van der Waals surface area contributed by atoms with Gasteiger partial charge >= 0.3 is 5.69 Å². The summed E-state index contributed by atoms with van der Waals surface area (Å²) < 4.78 is 2.98. The molecule has 2 rings (SSSR count). The maximum Gasteiger partial charge on any atom is 0.328 e. The first-order valence-corrected chi connectivity index (χ1v) is 6.81. The van der Waals surface area contributed by atoms with Crippen LogP contribution in [0.1, 0.15) is 25.5 Å². The number of benzene rings is 1. The topological polar surface area (TPSA) is 82.0 Å². The van der Waals surface area contributed by atoms with Crippen molar-refractivity contribution in [3.05, 3.63) is 46.6 Å². The molecule has 21 heavy (non-hydrogen) atoms. The number of nitrogens with zero attached hydrogens (tertiary/aromatic N) is 2. The molecule has 1 amide bonds. The van der Waals surface area contributed by atoms with Crippen molar-refractivity contribution in [2.24, 2.45) is 0 Å². The molecule has 0 saturated carbocycles. The second-order valence-electron chi connectivity index (χ2n) is 5.33. The molecule has 0 spiro atoms. The van der Waals surface area contributed by atoms with E-state index in [0.29, 0.717) is 11.4 Å². The number of imidazole rings is 1. The Balaban J connectivity index is 2.10. The Labute approximate surface area is 123 Å². The summed E-state index contributed by atoms with van der Waals surface area (Å²) >= 11 is 0. The van der Waals surface area contributed by atoms with Gasteiger partial charge in [-0.2, -0.15) is 0 Å². The van der Waals surface area contributed by atoms with Gasteiger partial charge in [0.1, 0.15) is 6.54 Å². The Morgan fingerprint density at radius 1 is 1.33 bits per heavy atom. The van der Waals surface area contributed by atoms with Crippen molar-refractivity contribution in [1.82, 2.24) is 9.13 Å². The van der Waals surface area contributed by atoms with Gasteiger partial charge in [0.15, 0.2) is 0 Å². The highest BCUT2D eigenvalue weighted by molar-refractivity contribution is 5.91. The van der Waals surface area contributed by atoms with Crippen LogP contribution in [0.3, 0.4) is 0 Å². The van der Waals surface area contributed by atoms with E-state index in [1.54, 1.807) is 35.2 Å². The van der Waals surface area contributed by atoms with Gasteiger partial charge in [0, 0.05) is 29.8 Å². The normalized spacial score (nSPS) is 10.9. The summed E-state index contributed by atoms with van der Waals surface area (Å²) in [5.41, 5.74) is 7.72. The maximum absolute atomic E-state index is 12.0. The molecular formula is C15H20N4O2. The molecular weight excluding hydrogens is 268 g/mol. The molecule has 112 valence electrons. The van der Waals surface area contributed by atoms with E-state index >= 15 is 0 Å². The number of nitrogens with two attached hydrogens (primary N) is 1. The van der Waals surface area contributed by atoms with Crippen LogP contribution in [0, 0.1) is 6.92 Å². The Morgan fingerprint density at radius 3 is 2.62 bits per heavy atom. The van der Waals surface area contributed by atoms with Gasteiger partial charge in [0.25, 0.3) is 0 Å².